The molecule has 0 saturated carbocycles. The maximum absolute atomic E-state index is 6.01. The lowest BCUT2D eigenvalue weighted by Gasteiger charge is -2.22. The zero-order valence-electron chi connectivity index (χ0n) is 16.6. The van der Waals surface area contributed by atoms with Gasteiger partial charge in [0.15, 0.2) is 5.65 Å². The number of anilines is 1. The summed E-state index contributed by atoms with van der Waals surface area (Å²) in [5.41, 5.74) is 12.0. The normalized spacial score (nSPS) is 15.5. The molecule has 0 aliphatic carbocycles. The second kappa shape index (κ2) is 7.50. The van der Waals surface area contributed by atoms with E-state index in [0.29, 0.717) is 11.5 Å². The molecule has 3 aromatic heterocycles. The van der Waals surface area contributed by atoms with Crippen LogP contribution in [0.1, 0.15) is 24.2 Å². The van der Waals surface area contributed by atoms with Crippen LogP contribution in [0.4, 0.5) is 5.82 Å². The van der Waals surface area contributed by atoms with Crippen LogP contribution in [0.5, 0.6) is 0 Å². The molecule has 150 valence electrons. The number of aromatic amines is 2. The Labute approximate surface area is 169 Å². The molecule has 29 heavy (non-hydrogen) atoms. The van der Waals surface area contributed by atoms with Gasteiger partial charge in [-0.05, 0) is 62.1 Å². The lowest BCUT2D eigenvalue weighted by atomic mass is 10.0. The van der Waals surface area contributed by atoms with E-state index >= 15 is 0 Å². The van der Waals surface area contributed by atoms with Gasteiger partial charge in [-0.15, -0.1) is 0 Å². The number of nitrogen functional groups attached to an aromatic ring is 1. The van der Waals surface area contributed by atoms with Crippen molar-refractivity contribution in [1.29, 1.82) is 0 Å². The van der Waals surface area contributed by atoms with Gasteiger partial charge in [-0.2, -0.15) is 0 Å². The molecule has 0 bridgehead atoms. The number of nitrogens with one attached hydrogen (secondary N) is 3. The minimum absolute atomic E-state index is 0.468. The number of rotatable bonds is 5. The van der Waals surface area contributed by atoms with Crippen LogP contribution in [-0.2, 0) is 11.3 Å². The molecule has 0 amide bonds. The second-order valence-corrected chi connectivity index (χ2v) is 7.91. The molecule has 1 fully saturated rings. The van der Waals surface area contributed by atoms with Crippen LogP contribution in [0.15, 0.2) is 30.3 Å². The smallest absolute Gasteiger partial charge is 0.180 e. The van der Waals surface area contributed by atoms with Gasteiger partial charge in [-0.1, -0.05) is 6.07 Å². The third-order valence-corrected chi connectivity index (χ3v) is 5.68. The van der Waals surface area contributed by atoms with Crippen LogP contribution in [0.3, 0.4) is 0 Å². The molecule has 0 atom stereocenters. The van der Waals surface area contributed by atoms with E-state index in [9.17, 15) is 0 Å². The molecule has 7 heteroatoms. The predicted molar refractivity (Wildman–Crippen MR) is 116 cm³/mol. The number of hydrogen-bond donors (Lipinski definition) is 4. The summed E-state index contributed by atoms with van der Waals surface area (Å²) in [6.07, 6.45) is 2.31. The van der Waals surface area contributed by atoms with Gasteiger partial charge < -0.3 is 25.8 Å². The summed E-state index contributed by atoms with van der Waals surface area (Å²) < 4.78 is 5.44. The highest BCUT2D eigenvalue weighted by Gasteiger charge is 2.14. The minimum Gasteiger partial charge on any atom is -0.384 e. The van der Waals surface area contributed by atoms with E-state index in [4.69, 9.17) is 10.5 Å². The first-order valence-corrected chi connectivity index (χ1v) is 10.2. The van der Waals surface area contributed by atoms with Crippen molar-refractivity contribution in [2.45, 2.75) is 26.3 Å². The van der Waals surface area contributed by atoms with E-state index in [1.54, 1.807) is 0 Å². The van der Waals surface area contributed by atoms with Crippen molar-refractivity contribution in [3.8, 4) is 11.3 Å². The molecule has 5 rings (SSSR count). The first-order chi connectivity index (χ1) is 14.2. The first kappa shape index (κ1) is 18.1. The SMILES string of the molecule is Cc1nc2nc(N)cc(-c3cc4cc(CNCC5CCOCC5)ccc4[nH]3)c2[nH]1. The highest BCUT2D eigenvalue weighted by Crippen LogP contribution is 2.30. The highest BCUT2D eigenvalue weighted by atomic mass is 16.5. The van der Waals surface area contributed by atoms with Crippen molar-refractivity contribution in [1.82, 2.24) is 25.3 Å². The summed E-state index contributed by atoms with van der Waals surface area (Å²) in [6.45, 7) is 5.64. The maximum atomic E-state index is 6.01. The third kappa shape index (κ3) is 3.71. The van der Waals surface area contributed by atoms with Crippen molar-refractivity contribution < 1.29 is 4.74 Å². The Morgan fingerprint density at radius 3 is 2.86 bits per heavy atom. The number of fused-ring (bicyclic) bond motifs is 2. The van der Waals surface area contributed by atoms with E-state index < -0.39 is 0 Å². The Bertz CT molecular complexity index is 1150. The van der Waals surface area contributed by atoms with E-state index in [-0.39, 0.29) is 0 Å². The van der Waals surface area contributed by atoms with Crippen molar-refractivity contribution >= 4 is 27.9 Å². The van der Waals surface area contributed by atoms with E-state index in [1.807, 2.05) is 13.0 Å². The van der Waals surface area contributed by atoms with Crippen LogP contribution in [0, 0.1) is 12.8 Å². The number of nitrogens with zero attached hydrogens (tertiary/aromatic N) is 2. The zero-order valence-corrected chi connectivity index (χ0v) is 16.6. The molecule has 1 aliphatic rings. The molecule has 5 N–H and O–H groups in total. The average molecular weight is 390 g/mol. The summed E-state index contributed by atoms with van der Waals surface area (Å²) in [5.74, 6) is 2.02. The van der Waals surface area contributed by atoms with Crippen molar-refractivity contribution in [3.05, 3.63) is 41.7 Å². The van der Waals surface area contributed by atoms with Crippen molar-refractivity contribution in [2.75, 3.05) is 25.5 Å². The summed E-state index contributed by atoms with van der Waals surface area (Å²) in [4.78, 5) is 15.6. The number of benzene rings is 1. The molecular weight excluding hydrogens is 364 g/mol. The lowest BCUT2D eigenvalue weighted by Crippen LogP contribution is -2.27. The quantitative estimate of drug-likeness (QED) is 0.417. The predicted octanol–water partition coefficient (Wildman–Crippen LogP) is 3.51. The summed E-state index contributed by atoms with van der Waals surface area (Å²) >= 11 is 0. The standard InChI is InChI=1S/C22H26N6O/c1-13-25-21-17(10-20(23)28-22(21)26-13)19-9-16-8-15(2-3-18(16)27-19)12-24-11-14-4-6-29-7-5-14/h2-3,8-10,14,24,27H,4-7,11-12H2,1H3,(H3,23,25,26,28). The van der Waals surface area contributed by atoms with Gasteiger partial charge in [-0.25, -0.2) is 9.97 Å². The van der Waals surface area contributed by atoms with Crippen LogP contribution in [-0.4, -0.2) is 39.7 Å². The number of aryl methyl sites for hydroxylation is 1. The van der Waals surface area contributed by atoms with Gasteiger partial charge in [0, 0.05) is 41.9 Å². The Morgan fingerprint density at radius 1 is 1.14 bits per heavy atom. The van der Waals surface area contributed by atoms with Gasteiger partial charge in [-0.3, -0.25) is 0 Å². The molecule has 0 unspecified atom stereocenters. The topological polar surface area (TPSA) is 105 Å². The maximum Gasteiger partial charge on any atom is 0.180 e. The van der Waals surface area contributed by atoms with E-state index in [1.165, 1.54) is 10.9 Å². The molecule has 0 radical (unpaired) electrons. The number of H-pyrrole nitrogens is 2. The van der Waals surface area contributed by atoms with E-state index in [0.717, 1.165) is 73.2 Å². The monoisotopic (exact) mass is 390 g/mol. The van der Waals surface area contributed by atoms with Crippen molar-refractivity contribution in [2.24, 2.45) is 5.92 Å². The fourth-order valence-electron chi connectivity index (χ4n) is 4.14. The summed E-state index contributed by atoms with van der Waals surface area (Å²) in [7, 11) is 0. The zero-order chi connectivity index (χ0) is 19.8. The van der Waals surface area contributed by atoms with Gasteiger partial charge >= 0.3 is 0 Å². The highest BCUT2D eigenvalue weighted by molar-refractivity contribution is 5.95. The molecule has 0 spiro atoms. The average Bonchev–Trinajstić information content (AvgIpc) is 3.30. The molecule has 1 saturated heterocycles. The van der Waals surface area contributed by atoms with Gasteiger partial charge in [0.1, 0.15) is 11.6 Å². The van der Waals surface area contributed by atoms with Crippen molar-refractivity contribution in [3.63, 3.8) is 0 Å². The first-order valence-electron chi connectivity index (χ1n) is 10.2. The van der Waals surface area contributed by atoms with Crippen LogP contribution in [0.25, 0.3) is 33.3 Å². The Hall–Kier alpha value is -2.90. The Morgan fingerprint density at radius 2 is 2.00 bits per heavy atom. The second-order valence-electron chi connectivity index (χ2n) is 7.91. The van der Waals surface area contributed by atoms with Gasteiger partial charge in [0.2, 0.25) is 0 Å². The fraction of sp³-hybridized carbons (Fsp3) is 0.364. The van der Waals surface area contributed by atoms with Crippen LogP contribution in [0.2, 0.25) is 0 Å². The summed E-state index contributed by atoms with van der Waals surface area (Å²) in [6, 6.07) is 10.6. The molecule has 4 heterocycles. The summed E-state index contributed by atoms with van der Waals surface area (Å²) in [5, 5.41) is 4.79. The molecule has 4 aromatic rings. The number of ether oxygens (including phenoxy) is 1. The largest absolute Gasteiger partial charge is 0.384 e. The number of nitrogens with two attached hydrogens (primary N) is 1. The molecule has 1 aliphatic heterocycles. The Kier molecular flexibility index (Phi) is 4.69. The molecule has 1 aromatic carbocycles. The third-order valence-electron chi connectivity index (χ3n) is 5.68. The fourth-order valence-corrected chi connectivity index (χ4v) is 4.14. The Balaban J connectivity index is 1.38. The number of hydrogen-bond acceptors (Lipinski definition) is 5. The number of imidazole rings is 1. The van der Waals surface area contributed by atoms with Gasteiger partial charge in [0.05, 0.1) is 5.52 Å². The van der Waals surface area contributed by atoms with Crippen LogP contribution >= 0.6 is 0 Å². The minimum atomic E-state index is 0.468. The molecule has 7 nitrogen and oxygen atoms in total. The number of aromatic nitrogens is 4. The van der Waals surface area contributed by atoms with Gasteiger partial charge in [0.25, 0.3) is 0 Å². The molecular formula is C22H26N6O. The van der Waals surface area contributed by atoms with Crippen LogP contribution < -0.4 is 11.1 Å². The lowest BCUT2D eigenvalue weighted by molar-refractivity contribution is 0.0662. The number of pyridine rings is 1. The van der Waals surface area contributed by atoms with E-state index in [2.05, 4.69) is 49.5 Å².